The van der Waals surface area contributed by atoms with Gasteiger partial charge in [0.25, 0.3) is 0 Å². The standard InChI is InChI=1S/C15H21ClO10/c1-7(17)23-10-11(24-8(2)18)13(25-9(3)19)15(22-6-5-16)26-12(10)14(20)21-4/h10-13,15H,5-6H2,1-4H3/t10-,11-,12-,13+,15+/m0/s1. The second-order valence-corrected chi connectivity index (χ2v) is 5.61. The van der Waals surface area contributed by atoms with Gasteiger partial charge in [-0.1, -0.05) is 0 Å². The summed E-state index contributed by atoms with van der Waals surface area (Å²) in [6.07, 6.45) is -6.86. The Bertz CT molecular complexity index is 537. The molecule has 1 aliphatic rings. The van der Waals surface area contributed by atoms with Crippen LogP contribution < -0.4 is 0 Å². The summed E-state index contributed by atoms with van der Waals surface area (Å²) in [5.74, 6) is -3.07. The van der Waals surface area contributed by atoms with Crippen LogP contribution >= 0.6 is 11.6 Å². The zero-order valence-corrected chi connectivity index (χ0v) is 15.5. The number of hydrogen-bond donors (Lipinski definition) is 0. The van der Waals surface area contributed by atoms with Crippen molar-refractivity contribution in [1.29, 1.82) is 0 Å². The van der Waals surface area contributed by atoms with Crippen LogP contribution in [0.1, 0.15) is 20.8 Å². The number of halogens is 1. The van der Waals surface area contributed by atoms with Crippen molar-refractivity contribution in [2.24, 2.45) is 0 Å². The Morgan fingerprint density at radius 1 is 0.885 bits per heavy atom. The summed E-state index contributed by atoms with van der Waals surface area (Å²) in [4.78, 5) is 46.5. The van der Waals surface area contributed by atoms with Crippen molar-refractivity contribution in [2.75, 3.05) is 19.6 Å². The highest BCUT2D eigenvalue weighted by Gasteiger charge is 2.55. The number of rotatable bonds is 7. The number of carbonyl (C=O) groups excluding carboxylic acids is 4. The first-order valence-electron chi connectivity index (χ1n) is 7.63. The van der Waals surface area contributed by atoms with Crippen LogP contribution in [0.2, 0.25) is 0 Å². The SMILES string of the molecule is COC(=O)[C@H]1O[C@@H](OCCCl)[C@H](OC(C)=O)[C@@H](OC(C)=O)[C@@H]1OC(C)=O. The highest BCUT2D eigenvalue weighted by molar-refractivity contribution is 6.17. The molecular formula is C15H21ClO10. The molecule has 1 heterocycles. The van der Waals surface area contributed by atoms with Gasteiger partial charge in [-0.3, -0.25) is 14.4 Å². The van der Waals surface area contributed by atoms with E-state index in [-0.39, 0.29) is 12.5 Å². The van der Waals surface area contributed by atoms with Crippen LogP contribution in [0.5, 0.6) is 0 Å². The maximum Gasteiger partial charge on any atom is 0.339 e. The molecule has 0 bridgehead atoms. The van der Waals surface area contributed by atoms with Gasteiger partial charge in [-0.05, 0) is 0 Å². The van der Waals surface area contributed by atoms with Crippen LogP contribution in [0.15, 0.2) is 0 Å². The van der Waals surface area contributed by atoms with E-state index >= 15 is 0 Å². The Balaban J connectivity index is 3.30. The van der Waals surface area contributed by atoms with Crippen molar-refractivity contribution >= 4 is 35.5 Å². The van der Waals surface area contributed by atoms with Gasteiger partial charge in [0.2, 0.25) is 0 Å². The average Bonchev–Trinajstić information content (AvgIpc) is 2.55. The van der Waals surface area contributed by atoms with E-state index in [0.29, 0.717) is 0 Å². The normalized spacial score (nSPS) is 28.0. The molecule has 0 aliphatic carbocycles. The number of ether oxygens (including phenoxy) is 6. The topological polar surface area (TPSA) is 124 Å². The summed E-state index contributed by atoms with van der Waals surface area (Å²) in [7, 11) is 1.10. The third kappa shape index (κ3) is 6.11. The molecule has 26 heavy (non-hydrogen) atoms. The lowest BCUT2D eigenvalue weighted by atomic mass is 9.97. The molecule has 0 N–H and O–H groups in total. The second-order valence-electron chi connectivity index (χ2n) is 5.23. The molecule has 0 aromatic rings. The molecule has 0 amide bonds. The largest absolute Gasteiger partial charge is 0.467 e. The van der Waals surface area contributed by atoms with E-state index < -0.39 is 54.6 Å². The highest BCUT2D eigenvalue weighted by Crippen LogP contribution is 2.30. The van der Waals surface area contributed by atoms with Gasteiger partial charge in [-0.25, -0.2) is 4.79 Å². The third-order valence-electron chi connectivity index (χ3n) is 3.19. The average molecular weight is 397 g/mol. The quantitative estimate of drug-likeness (QED) is 0.328. The first-order chi connectivity index (χ1) is 12.2. The van der Waals surface area contributed by atoms with E-state index in [1.807, 2.05) is 0 Å². The van der Waals surface area contributed by atoms with Gasteiger partial charge in [-0.2, -0.15) is 0 Å². The fraction of sp³-hybridized carbons (Fsp3) is 0.733. The fourth-order valence-electron chi connectivity index (χ4n) is 2.37. The smallest absolute Gasteiger partial charge is 0.339 e. The molecule has 1 aliphatic heterocycles. The van der Waals surface area contributed by atoms with Gasteiger partial charge in [0.05, 0.1) is 13.7 Å². The Morgan fingerprint density at radius 3 is 1.85 bits per heavy atom. The molecule has 1 fully saturated rings. The van der Waals surface area contributed by atoms with Gasteiger partial charge in [0, 0.05) is 26.7 Å². The lowest BCUT2D eigenvalue weighted by Gasteiger charge is -2.43. The fourth-order valence-corrected chi connectivity index (χ4v) is 2.46. The highest BCUT2D eigenvalue weighted by atomic mass is 35.5. The van der Waals surface area contributed by atoms with Crippen LogP contribution in [0.3, 0.4) is 0 Å². The van der Waals surface area contributed by atoms with Crippen LogP contribution in [0.25, 0.3) is 0 Å². The van der Waals surface area contributed by atoms with E-state index in [9.17, 15) is 19.2 Å². The minimum absolute atomic E-state index is 0.0110. The van der Waals surface area contributed by atoms with E-state index in [1.54, 1.807) is 0 Å². The Hall–Kier alpha value is -1.91. The number of methoxy groups -OCH3 is 1. The minimum atomic E-state index is -1.47. The maximum absolute atomic E-state index is 12.1. The molecule has 0 saturated carbocycles. The van der Waals surface area contributed by atoms with Crippen molar-refractivity contribution in [3.63, 3.8) is 0 Å². The van der Waals surface area contributed by atoms with Crippen molar-refractivity contribution in [1.82, 2.24) is 0 Å². The molecule has 10 nitrogen and oxygen atoms in total. The zero-order chi connectivity index (χ0) is 19.9. The van der Waals surface area contributed by atoms with Crippen LogP contribution in [0, 0.1) is 0 Å². The maximum atomic E-state index is 12.1. The molecule has 0 aromatic carbocycles. The van der Waals surface area contributed by atoms with Crippen molar-refractivity contribution in [3.05, 3.63) is 0 Å². The zero-order valence-electron chi connectivity index (χ0n) is 14.8. The summed E-state index contributed by atoms with van der Waals surface area (Å²) in [5.41, 5.74) is 0. The monoisotopic (exact) mass is 396 g/mol. The van der Waals surface area contributed by atoms with E-state index in [1.165, 1.54) is 0 Å². The van der Waals surface area contributed by atoms with Crippen molar-refractivity contribution in [2.45, 2.75) is 51.5 Å². The van der Waals surface area contributed by atoms with Crippen molar-refractivity contribution in [3.8, 4) is 0 Å². The molecular weight excluding hydrogens is 376 g/mol. The summed E-state index contributed by atoms with van der Waals surface area (Å²) < 4.78 is 30.9. The summed E-state index contributed by atoms with van der Waals surface area (Å²) in [6, 6.07) is 0. The van der Waals surface area contributed by atoms with E-state index in [0.717, 1.165) is 27.9 Å². The molecule has 0 aromatic heterocycles. The van der Waals surface area contributed by atoms with Crippen LogP contribution in [0.4, 0.5) is 0 Å². The first kappa shape index (κ1) is 22.1. The predicted octanol–water partition coefficient (Wildman–Crippen LogP) is -0.0652. The van der Waals surface area contributed by atoms with Gasteiger partial charge in [0.1, 0.15) is 0 Å². The molecule has 1 saturated heterocycles. The third-order valence-corrected chi connectivity index (χ3v) is 3.35. The number of esters is 4. The first-order valence-corrected chi connectivity index (χ1v) is 8.17. The van der Waals surface area contributed by atoms with Gasteiger partial charge in [-0.15, -0.1) is 11.6 Å². The van der Waals surface area contributed by atoms with E-state index in [2.05, 4.69) is 4.74 Å². The summed E-state index contributed by atoms with van der Waals surface area (Å²) in [5, 5.41) is 0. The summed E-state index contributed by atoms with van der Waals surface area (Å²) >= 11 is 5.58. The van der Waals surface area contributed by atoms with E-state index in [4.69, 9.17) is 35.3 Å². The summed E-state index contributed by atoms with van der Waals surface area (Å²) in [6.45, 7) is 3.31. The van der Waals surface area contributed by atoms with Crippen LogP contribution in [-0.2, 0) is 47.6 Å². The minimum Gasteiger partial charge on any atom is -0.467 e. The molecule has 11 heteroatoms. The molecule has 0 unspecified atom stereocenters. The molecule has 0 spiro atoms. The Kier molecular flexibility index (Phi) is 8.76. The number of hydrogen-bond acceptors (Lipinski definition) is 10. The molecule has 5 atom stereocenters. The number of alkyl halides is 1. The predicted molar refractivity (Wildman–Crippen MR) is 84.0 cm³/mol. The lowest BCUT2D eigenvalue weighted by molar-refractivity contribution is -0.300. The van der Waals surface area contributed by atoms with Crippen molar-refractivity contribution < 1.29 is 47.6 Å². The Labute approximate surface area is 154 Å². The number of carbonyl (C=O) groups is 4. The Morgan fingerprint density at radius 2 is 1.38 bits per heavy atom. The molecule has 148 valence electrons. The van der Waals surface area contributed by atoms with Crippen LogP contribution in [-0.4, -0.2) is 74.2 Å². The van der Waals surface area contributed by atoms with Gasteiger partial charge < -0.3 is 28.4 Å². The van der Waals surface area contributed by atoms with Gasteiger partial charge >= 0.3 is 23.9 Å². The molecule has 1 rings (SSSR count). The van der Waals surface area contributed by atoms with Gasteiger partial charge in [0.15, 0.2) is 30.7 Å². The molecule has 0 radical (unpaired) electrons. The lowest BCUT2D eigenvalue weighted by Crippen LogP contribution is -2.63. The second kappa shape index (κ2) is 10.3.